The number of aliphatic imine (C=N–C) groups is 1. The number of nitrogens with one attached hydrogen (secondary N) is 2. The van der Waals surface area contributed by atoms with E-state index in [1.807, 2.05) is 11.8 Å². The lowest BCUT2D eigenvalue weighted by Crippen LogP contribution is -2.46. The van der Waals surface area contributed by atoms with Crippen molar-refractivity contribution in [2.75, 3.05) is 39.0 Å². The Morgan fingerprint density at radius 3 is 2.47 bits per heavy atom. The molecule has 1 amide bonds. The second kappa shape index (κ2) is 11.8. The van der Waals surface area contributed by atoms with Crippen LogP contribution in [0, 0.1) is 5.92 Å². The van der Waals surface area contributed by atoms with E-state index in [0.717, 1.165) is 51.7 Å². The van der Waals surface area contributed by atoms with E-state index in [-0.39, 0.29) is 42.0 Å². The van der Waals surface area contributed by atoms with Gasteiger partial charge in [-0.3, -0.25) is 9.79 Å². The van der Waals surface area contributed by atoms with Crippen molar-refractivity contribution in [3.05, 3.63) is 0 Å². The predicted molar refractivity (Wildman–Crippen MR) is 131 cm³/mol. The van der Waals surface area contributed by atoms with Crippen LogP contribution in [0.15, 0.2) is 4.99 Å². The SMILES string of the molecule is CCNC(=NC[C@H]1CCCN1S(C)(=O)=O)NC1CCN(C(=O)C2CCCCC2)C1.I. The fourth-order valence-corrected chi connectivity index (χ4v) is 6.00. The van der Waals surface area contributed by atoms with Gasteiger partial charge in [-0.25, -0.2) is 8.42 Å². The summed E-state index contributed by atoms with van der Waals surface area (Å²) in [6.45, 7) is 5.33. The molecule has 1 saturated carbocycles. The van der Waals surface area contributed by atoms with Crippen LogP contribution in [-0.2, 0) is 14.8 Å². The van der Waals surface area contributed by atoms with Gasteiger partial charge in [-0.1, -0.05) is 19.3 Å². The lowest BCUT2D eigenvalue weighted by atomic mass is 9.88. The molecule has 1 unspecified atom stereocenters. The summed E-state index contributed by atoms with van der Waals surface area (Å²) in [5, 5.41) is 6.72. The van der Waals surface area contributed by atoms with Gasteiger partial charge in [0.25, 0.3) is 0 Å². The average molecular weight is 556 g/mol. The van der Waals surface area contributed by atoms with Gasteiger partial charge in [0.1, 0.15) is 0 Å². The molecule has 3 fully saturated rings. The summed E-state index contributed by atoms with van der Waals surface area (Å²) in [6.07, 6.45) is 9.61. The number of nitrogens with zero attached hydrogens (tertiary/aromatic N) is 3. The number of rotatable bonds is 6. The van der Waals surface area contributed by atoms with E-state index in [4.69, 9.17) is 0 Å². The monoisotopic (exact) mass is 555 g/mol. The minimum Gasteiger partial charge on any atom is -0.357 e. The molecule has 0 radical (unpaired) electrons. The van der Waals surface area contributed by atoms with Gasteiger partial charge in [0.15, 0.2) is 5.96 Å². The maximum absolute atomic E-state index is 12.8. The Kier molecular flexibility index (Phi) is 10.1. The zero-order chi connectivity index (χ0) is 20.9. The van der Waals surface area contributed by atoms with Crippen LogP contribution in [0.5, 0.6) is 0 Å². The van der Waals surface area contributed by atoms with Crippen molar-refractivity contribution < 1.29 is 13.2 Å². The minimum atomic E-state index is -3.18. The molecule has 0 aromatic rings. The highest BCUT2D eigenvalue weighted by Gasteiger charge is 2.33. The molecule has 0 spiro atoms. The highest BCUT2D eigenvalue weighted by atomic mass is 127. The first-order valence-electron chi connectivity index (χ1n) is 11.2. The molecule has 3 aliphatic rings. The number of carbonyl (C=O) groups excluding carboxylic acids is 1. The summed E-state index contributed by atoms with van der Waals surface area (Å²) < 4.78 is 25.4. The third-order valence-corrected chi connectivity index (χ3v) is 7.68. The normalized spacial score (nSPS) is 26.5. The molecule has 2 aliphatic heterocycles. The molecule has 1 aliphatic carbocycles. The number of hydrogen-bond donors (Lipinski definition) is 2. The lowest BCUT2D eigenvalue weighted by molar-refractivity contribution is -0.135. The maximum Gasteiger partial charge on any atom is 0.225 e. The first-order valence-corrected chi connectivity index (χ1v) is 13.0. The standard InChI is InChI=1S/C20H37N5O3S.HI/c1-3-21-20(22-14-18-10-7-12-25(18)29(2,27)28)23-17-11-13-24(15-17)19(26)16-8-5-4-6-9-16;/h16-18H,3-15H2,1-2H3,(H2,21,22,23);1H/t17?,18-;/m1./s1. The molecule has 174 valence electrons. The van der Waals surface area contributed by atoms with Crippen LogP contribution in [-0.4, -0.2) is 80.6 Å². The van der Waals surface area contributed by atoms with Crippen LogP contribution in [0.25, 0.3) is 0 Å². The first kappa shape index (κ1) is 25.6. The molecular formula is C20H38IN5O3S. The Labute approximate surface area is 198 Å². The molecule has 0 bridgehead atoms. The van der Waals surface area contributed by atoms with E-state index in [1.165, 1.54) is 25.5 Å². The minimum absolute atomic E-state index is 0. The van der Waals surface area contributed by atoms with Crippen LogP contribution < -0.4 is 10.6 Å². The van der Waals surface area contributed by atoms with Gasteiger partial charge < -0.3 is 15.5 Å². The van der Waals surface area contributed by atoms with Gasteiger partial charge in [-0.2, -0.15) is 4.31 Å². The van der Waals surface area contributed by atoms with E-state index in [1.54, 1.807) is 4.31 Å². The largest absolute Gasteiger partial charge is 0.357 e. The molecule has 8 nitrogen and oxygen atoms in total. The molecule has 2 saturated heterocycles. The van der Waals surface area contributed by atoms with Crippen LogP contribution >= 0.6 is 24.0 Å². The summed E-state index contributed by atoms with van der Waals surface area (Å²) in [4.78, 5) is 19.5. The predicted octanol–water partition coefficient (Wildman–Crippen LogP) is 1.76. The van der Waals surface area contributed by atoms with Gasteiger partial charge >= 0.3 is 0 Å². The molecule has 0 aromatic carbocycles. The number of sulfonamides is 1. The molecule has 30 heavy (non-hydrogen) atoms. The number of guanidine groups is 1. The Morgan fingerprint density at radius 1 is 1.07 bits per heavy atom. The highest BCUT2D eigenvalue weighted by molar-refractivity contribution is 14.0. The van der Waals surface area contributed by atoms with Crippen molar-refractivity contribution in [2.24, 2.45) is 10.9 Å². The second-order valence-electron chi connectivity index (χ2n) is 8.64. The van der Waals surface area contributed by atoms with E-state index >= 15 is 0 Å². The zero-order valence-electron chi connectivity index (χ0n) is 18.3. The summed E-state index contributed by atoms with van der Waals surface area (Å²) in [5.41, 5.74) is 0. The molecule has 3 rings (SSSR count). The van der Waals surface area contributed by atoms with Crippen molar-refractivity contribution in [3.8, 4) is 0 Å². The Morgan fingerprint density at radius 2 is 1.80 bits per heavy atom. The van der Waals surface area contributed by atoms with Crippen LogP contribution in [0.4, 0.5) is 0 Å². The van der Waals surface area contributed by atoms with Crippen LogP contribution in [0.1, 0.15) is 58.3 Å². The van der Waals surface area contributed by atoms with Gasteiger partial charge in [-0.15, -0.1) is 24.0 Å². The highest BCUT2D eigenvalue weighted by Crippen LogP contribution is 2.27. The van der Waals surface area contributed by atoms with E-state index < -0.39 is 10.0 Å². The molecule has 2 N–H and O–H groups in total. The van der Waals surface area contributed by atoms with Gasteiger partial charge in [0.2, 0.25) is 15.9 Å². The van der Waals surface area contributed by atoms with E-state index in [2.05, 4.69) is 15.6 Å². The number of carbonyl (C=O) groups is 1. The molecule has 10 heteroatoms. The lowest BCUT2D eigenvalue weighted by Gasteiger charge is -2.26. The summed E-state index contributed by atoms with van der Waals surface area (Å²) in [7, 11) is -3.18. The molecule has 2 atom stereocenters. The second-order valence-corrected chi connectivity index (χ2v) is 10.6. The van der Waals surface area contributed by atoms with Crippen LogP contribution in [0.3, 0.4) is 0 Å². The van der Waals surface area contributed by atoms with Gasteiger partial charge in [0.05, 0.1) is 12.8 Å². The van der Waals surface area contributed by atoms with Crippen molar-refractivity contribution in [3.63, 3.8) is 0 Å². The first-order chi connectivity index (χ1) is 13.9. The average Bonchev–Trinajstić information content (AvgIpc) is 3.35. The Balaban J connectivity index is 0.00000320. The van der Waals surface area contributed by atoms with Crippen molar-refractivity contribution in [1.29, 1.82) is 0 Å². The molecule has 2 heterocycles. The topological polar surface area (TPSA) is 94.1 Å². The fourth-order valence-electron chi connectivity index (χ4n) is 4.82. The van der Waals surface area contributed by atoms with Crippen molar-refractivity contribution in [2.45, 2.75) is 70.4 Å². The van der Waals surface area contributed by atoms with Gasteiger partial charge in [0, 0.05) is 44.2 Å². The number of likely N-dealkylation sites (tertiary alicyclic amines) is 1. The summed E-state index contributed by atoms with van der Waals surface area (Å²) in [6, 6.07) is 0.128. The van der Waals surface area contributed by atoms with Crippen molar-refractivity contribution >= 4 is 45.9 Å². The van der Waals surface area contributed by atoms with Crippen LogP contribution in [0.2, 0.25) is 0 Å². The summed E-state index contributed by atoms with van der Waals surface area (Å²) >= 11 is 0. The van der Waals surface area contributed by atoms with Crippen molar-refractivity contribution in [1.82, 2.24) is 19.8 Å². The molecular weight excluding hydrogens is 517 g/mol. The number of amides is 1. The Hall–Kier alpha value is -0.620. The maximum atomic E-state index is 12.8. The summed E-state index contributed by atoms with van der Waals surface area (Å²) in [5.74, 6) is 1.25. The Bertz CT molecular complexity index is 697. The van der Waals surface area contributed by atoms with Gasteiger partial charge in [-0.05, 0) is 39.0 Å². The van der Waals surface area contributed by atoms with E-state index in [0.29, 0.717) is 25.0 Å². The number of hydrogen-bond acceptors (Lipinski definition) is 4. The van der Waals surface area contributed by atoms with E-state index in [9.17, 15) is 13.2 Å². The zero-order valence-corrected chi connectivity index (χ0v) is 21.5. The quantitative estimate of drug-likeness (QED) is 0.296. The smallest absolute Gasteiger partial charge is 0.225 e. The third kappa shape index (κ3) is 6.94. The third-order valence-electron chi connectivity index (χ3n) is 6.35. The fraction of sp³-hybridized carbons (Fsp3) is 0.900. The number of halogens is 1. The molecule has 0 aromatic heterocycles.